The van der Waals surface area contributed by atoms with Gasteiger partial charge in [-0.15, -0.1) is 0 Å². The van der Waals surface area contributed by atoms with Crippen LogP contribution in [0, 0.1) is 11.3 Å². The van der Waals surface area contributed by atoms with E-state index in [2.05, 4.69) is 11.4 Å². The molecule has 0 aromatic heterocycles. The fourth-order valence-corrected chi connectivity index (χ4v) is 3.56. The number of ether oxygens (including phenoxy) is 2. The lowest BCUT2D eigenvalue weighted by Gasteiger charge is -2.36. The Bertz CT molecular complexity index is 882. The normalized spacial score (nSPS) is 15.7. The van der Waals surface area contributed by atoms with Crippen molar-refractivity contribution in [3.05, 3.63) is 58.6 Å². The lowest BCUT2D eigenvalue weighted by Crippen LogP contribution is -2.44. The Kier molecular flexibility index (Phi) is 6.23. The van der Waals surface area contributed by atoms with Crippen LogP contribution < -0.4 is 10.1 Å². The van der Waals surface area contributed by atoms with Crippen LogP contribution in [0.4, 0.5) is 5.69 Å². The summed E-state index contributed by atoms with van der Waals surface area (Å²) in [7, 11) is 0. The predicted molar refractivity (Wildman–Crippen MR) is 109 cm³/mol. The molecule has 0 bridgehead atoms. The highest BCUT2D eigenvalue weighted by Gasteiger charge is 2.41. The van der Waals surface area contributed by atoms with E-state index in [1.165, 1.54) is 0 Å². The highest BCUT2D eigenvalue weighted by atomic mass is 35.5. The molecular formula is C22H23ClN2O3. The first-order valence-electron chi connectivity index (χ1n) is 9.31. The lowest BCUT2D eigenvalue weighted by molar-refractivity contribution is -0.125. The highest BCUT2D eigenvalue weighted by Crippen LogP contribution is 2.37. The molecule has 3 rings (SSSR count). The van der Waals surface area contributed by atoms with Crippen molar-refractivity contribution in [2.45, 2.75) is 38.2 Å². The van der Waals surface area contributed by atoms with Gasteiger partial charge in [-0.05, 0) is 62.6 Å². The van der Waals surface area contributed by atoms with E-state index < -0.39 is 5.41 Å². The Balaban J connectivity index is 1.88. The van der Waals surface area contributed by atoms with Gasteiger partial charge in [0.1, 0.15) is 11.8 Å². The summed E-state index contributed by atoms with van der Waals surface area (Å²) in [5.74, 6) is 0.397. The van der Waals surface area contributed by atoms with E-state index >= 15 is 0 Å². The van der Waals surface area contributed by atoms with Gasteiger partial charge in [0, 0.05) is 23.9 Å². The first-order valence-corrected chi connectivity index (χ1v) is 9.68. The first-order chi connectivity index (χ1) is 13.4. The van der Waals surface area contributed by atoms with E-state index in [4.69, 9.17) is 21.1 Å². The zero-order chi connectivity index (χ0) is 20.1. The van der Waals surface area contributed by atoms with Crippen LogP contribution in [0.3, 0.4) is 0 Å². The molecule has 1 aliphatic rings. The molecule has 0 spiro atoms. The summed E-state index contributed by atoms with van der Waals surface area (Å²) in [6.07, 6.45) is 1.13. The number of carbonyl (C=O) groups excluding carboxylic acids is 1. The number of hydrogen-bond acceptors (Lipinski definition) is 4. The van der Waals surface area contributed by atoms with Gasteiger partial charge in [-0.25, -0.2) is 0 Å². The van der Waals surface area contributed by atoms with Crippen molar-refractivity contribution in [3.8, 4) is 11.8 Å². The zero-order valence-corrected chi connectivity index (χ0v) is 16.8. The molecule has 1 fully saturated rings. The maximum absolute atomic E-state index is 13.3. The minimum absolute atomic E-state index is 0.0389. The van der Waals surface area contributed by atoms with Crippen LogP contribution in [0.1, 0.15) is 37.8 Å². The molecule has 6 heteroatoms. The third-order valence-corrected chi connectivity index (χ3v) is 5.15. The van der Waals surface area contributed by atoms with Crippen molar-refractivity contribution in [2.24, 2.45) is 0 Å². The number of nitrogens with zero attached hydrogens (tertiary/aromatic N) is 1. The van der Waals surface area contributed by atoms with Crippen molar-refractivity contribution in [2.75, 3.05) is 18.5 Å². The second-order valence-corrected chi connectivity index (χ2v) is 7.58. The molecule has 2 aromatic rings. The molecule has 0 atom stereocenters. The SMILES string of the molecule is CC(C)Oc1ccc(NC(=O)C2(c3ccc(Cl)cc3)CCOCC2)cc1C#N. The van der Waals surface area contributed by atoms with Gasteiger partial charge in [0.2, 0.25) is 5.91 Å². The van der Waals surface area contributed by atoms with Gasteiger partial charge in [-0.1, -0.05) is 23.7 Å². The molecule has 5 nitrogen and oxygen atoms in total. The van der Waals surface area contributed by atoms with Gasteiger partial charge in [0.05, 0.1) is 17.1 Å². The second kappa shape index (κ2) is 8.64. The molecule has 28 heavy (non-hydrogen) atoms. The summed E-state index contributed by atoms with van der Waals surface area (Å²) >= 11 is 6.02. The Morgan fingerprint density at radius 1 is 1.21 bits per heavy atom. The average molecular weight is 399 g/mol. The minimum Gasteiger partial charge on any atom is -0.490 e. The summed E-state index contributed by atoms with van der Waals surface area (Å²) in [5.41, 5.74) is 1.18. The number of nitrogens with one attached hydrogen (secondary N) is 1. The van der Waals surface area contributed by atoms with Crippen LogP contribution in [0.25, 0.3) is 0 Å². The maximum Gasteiger partial charge on any atom is 0.235 e. The molecule has 0 aliphatic carbocycles. The van der Waals surface area contributed by atoms with E-state index in [0.717, 1.165) is 5.56 Å². The molecular weight excluding hydrogens is 376 g/mol. The summed E-state index contributed by atoms with van der Waals surface area (Å²) < 4.78 is 11.1. The van der Waals surface area contributed by atoms with Crippen molar-refractivity contribution in [3.63, 3.8) is 0 Å². The molecule has 0 unspecified atom stereocenters. The Morgan fingerprint density at radius 2 is 1.89 bits per heavy atom. The summed E-state index contributed by atoms with van der Waals surface area (Å²) in [4.78, 5) is 13.3. The van der Waals surface area contributed by atoms with E-state index in [0.29, 0.717) is 48.1 Å². The highest BCUT2D eigenvalue weighted by molar-refractivity contribution is 6.30. The second-order valence-electron chi connectivity index (χ2n) is 7.14. The Labute approximate surface area is 170 Å². The Morgan fingerprint density at radius 3 is 2.50 bits per heavy atom. The van der Waals surface area contributed by atoms with Gasteiger partial charge < -0.3 is 14.8 Å². The first kappa shape index (κ1) is 20.2. The number of anilines is 1. The zero-order valence-electron chi connectivity index (χ0n) is 16.0. The number of carbonyl (C=O) groups is 1. The standard InChI is InChI=1S/C22H23ClN2O3/c1-15(2)28-20-8-7-19(13-16(20)14-24)25-21(26)22(9-11-27-12-10-22)17-3-5-18(23)6-4-17/h3-8,13,15H,9-12H2,1-2H3,(H,25,26). The van der Waals surface area contributed by atoms with E-state index in [1.807, 2.05) is 26.0 Å². The Hall–Kier alpha value is -2.55. The monoisotopic (exact) mass is 398 g/mol. The van der Waals surface area contributed by atoms with Crippen LogP contribution in [0.15, 0.2) is 42.5 Å². The number of nitriles is 1. The van der Waals surface area contributed by atoms with Gasteiger partial charge in [0.25, 0.3) is 0 Å². The fraction of sp³-hybridized carbons (Fsp3) is 0.364. The molecule has 1 saturated heterocycles. The van der Waals surface area contributed by atoms with Gasteiger partial charge >= 0.3 is 0 Å². The van der Waals surface area contributed by atoms with Crippen LogP contribution in [0.5, 0.6) is 5.75 Å². The molecule has 1 aliphatic heterocycles. The van der Waals surface area contributed by atoms with E-state index in [-0.39, 0.29) is 12.0 Å². The molecule has 0 saturated carbocycles. The number of halogens is 1. The minimum atomic E-state index is -0.692. The maximum atomic E-state index is 13.3. The molecule has 1 N–H and O–H groups in total. The fourth-order valence-electron chi connectivity index (χ4n) is 3.44. The van der Waals surface area contributed by atoms with Crippen molar-refractivity contribution in [1.29, 1.82) is 5.26 Å². The summed E-state index contributed by atoms with van der Waals surface area (Å²) in [6, 6.07) is 14.6. The topological polar surface area (TPSA) is 71.3 Å². The van der Waals surface area contributed by atoms with Crippen molar-refractivity contribution < 1.29 is 14.3 Å². The smallest absolute Gasteiger partial charge is 0.235 e. The average Bonchev–Trinajstić information content (AvgIpc) is 2.69. The van der Waals surface area contributed by atoms with Crippen LogP contribution in [-0.4, -0.2) is 25.2 Å². The molecule has 0 radical (unpaired) electrons. The lowest BCUT2D eigenvalue weighted by atomic mass is 9.73. The number of benzene rings is 2. The van der Waals surface area contributed by atoms with Crippen LogP contribution in [0.2, 0.25) is 5.02 Å². The summed E-state index contributed by atoms with van der Waals surface area (Å²) in [5, 5.41) is 13.0. The number of rotatable bonds is 5. The molecule has 1 heterocycles. The third-order valence-electron chi connectivity index (χ3n) is 4.90. The van der Waals surface area contributed by atoms with Crippen LogP contribution >= 0.6 is 11.6 Å². The van der Waals surface area contributed by atoms with E-state index in [1.54, 1.807) is 30.3 Å². The quantitative estimate of drug-likeness (QED) is 0.793. The molecule has 146 valence electrons. The van der Waals surface area contributed by atoms with E-state index in [9.17, 15) is 10.1 Å². The summed E-state index contributed by atoms with van der Waals surface area (Å²) in [6.45, 7) is 4.83. The molecule has 1 amide bonds. The largest absolute Gasteiger partial charge is 0.490 e. The van der Waals surface area contributed by atoms with Crippen LogP contribution in [-0.2, 0) is 14.9 Å². The van der Waals surface area contributed by atoms with Gasteiger partial charge in [-0.3, -0.25) is 4.79 Å². The van der Waals surface area contributed by atoms with Gasteiger partial charge in [0.15, 0.2) is 0 Å². The third kappa shape index (κ3) is 4.30. The van der Waals surface area contributed by atoms with Crippen molar-refractivity contribution >= 4 is 23.2 Å². The van der Waals surface area contributed by atoms with Crippen molar-refractivity contribution in [1.82, 2.24) is 0 Å². The number of hydrogen-bond donors (Lipinski definition) is 1. The predicted octanol–water partition coefficient (Wildman–Crippen LogP) is 4.69. The van der Waals surface area contributed by atoms with Gasteiger partial charge in [-0.2, -0.15) is 5.26 Å². The number of amides is 1. The molecule has 2 aromatic carbocycles.